The standard InChI is InChI=1S/C23H28N2O5/c1-15-17(14-16-8-4-3-5-9-16)10-6-7-11-18(23(28)30-15)25-22(27)20-21(26)19(29-2)12-13-24-20/h3-5,8-9,12-13,15,17-18,26H,6-7,10-11,14H2,1-2H3,(H,25,27)/t15-,17-,18-/m0/s1. The first-order valence-corrected chi connectivity index (χ1v) is 10.3. The van der Waals surface area contributed by atoms with Crippen molar-refractivity contribution in [1.82, 2.24) is 10.3 Å². The largest absolute Gasteiger partial charge is 0.503 e. The zero-order valence-corrected chi connectivity index (χ0v) is 17.3. The van der Waals surface area contributed by atoms with E-state index in [1.54, 1.807) is 0 Å². The van der Waals surface area contributed by atoms with Gasteiger partial charge in [-0.1, -0.05) is 43.2 Å². The average Bonchev–Trinajstić information content (AvgIpc) is 2.80. The molecule has 1 aliphatic heterocycles. The van der Waals surface area contributed by atoms with E-state index in [9.17, 15) is 14.7 Å². The van der Waals surface area contributed by atoms with Crippen LogP contribution in [-0.2, 0) is 16.0 Å². The highest BCUT2D eigenvalue weighted by Gasteiger charge is 2.30. The minimum atomic E-state index is -0.789. The quantitative estimate of drug-likeness (QED) is 0.732. The first-order valence-electron chi connectivity index (χ1n) is 10.3. The third-order valence-electron chi connectivity index (χ3n) is 5.54. The Balaban J connectivity index is 1.68. The third-order valence-corrected chi connectivity index (χ3v) is 5.54. The number of methoxy groups -OCH3 is 1. The number of cyclic esters (lactones) is 1. The maximum Gasteiger partial charge on any atom is 0.328 e. The fourth-order valence-electron chi connectivity index (χ4n) is 3.78. The Hall–Kier alpha value is -3.09. The molecule has 0 spiro atoms. The number of hydrogen-bond acceptors (Lipinski definition) is 6. The van der Waals surface area contributed by atoms with Crippen LogP contribution in [0.1, 0.15) is 48.7 Å². The van der Waals surface area contributed by atoms with E-state index in [-0.39, 0.29) is 29.2 Å². The van der Waals surface area contributed by atoms with E-state index in [4.69, 9.17) is 9.47 Å². The maximum absolute atomic E-state index is 12.8. The molecule has 1 fully saturated rings. The van der Waals surface area contributed by atoms with Crippen molar-refractivity contribution < 1.29 is 24.2 Å². The highest BCUT2D eigenvalue weighted by Crippen LogP contribution is 2.28. The van der Waals surface area contributed by atoms with Gasteiger partial charge in [0.25, 0.3) is 5.91 Å². The number of aromatic nitrogens is 1. The van der Waals surface area contributed by atoms with Crippen molar-refractivity contribution in [1.29, 1.82) is 0 Å². The summed E-state index contributed by atoms with van der Waals surface area (Å²) in [7, 11) is 1.39. The number of esters is 1. The van der Waals surface area contributed by atoms with Crippen molar-refractivity contribution in [3.05, 3.63) is 53.9 Å². The van der Waals surface area contributed by atoms with Crippen LogP contribution in [0.5, 0.6) is 11.5 Å². The monoisotopic (exact) mass is 412 g/mol. The lowest BCUT2D eigenvalue weighted by Crippen LogP contribution is -2.43. The molecule has 7 heteroatoms. The predicted octanol–water partition coefficient (Wildman–Crippen LogP) is 3.26. The van der Waals surface area contributed by atoms with E-state index in [1.807, 2.05) is 25.1 Å². The molecule has 0 aliphatic carbocycles. The van der Waals surface area contributed by atoms with Gasteiger partial charge in [0.05, 0.1) is 7.11 Å². The zero-order chi connectivity index (χ0) is 21.5. The lowest BCUT2D eigenvalue weighted by molar-refractivity contribution is -0.153. The second kappa shape index (κ2) is 10.1. The van der Waals surface area contributed by atoms with Crippen molar-refractivity contribution in [2.45, 2.75) is 51.2 Å². The van der Waals surface area contributed by atoms with Crippen molar-refractivity contribution in [3.63, 3.8) is 0 Å². The van der Waals surface area contributed by atoms with E-state index < -0.39 is 17.9 Å². The van der Waals surface area contributed by atoms with Crippen LogP contribution < -0.4 is 10.1 Å². The molecule has 160 valence electrons. The number of carbonyl (C=O) groups is 2. The van der Waals surface area contributed by atoms with Crippen LogP contribution >= 0.6 is 0 Å². The van der Waals surface area contributed by atoms with Crippen molar-refractivity contribution in [2.24, 2.45) is 5.92 Å². The number of pyridine rings is 1. The van der Waals surface area contributed by atoms with Crippen molar-refractivity contribution in [2.75, 3.05) is 7.11 Å². The first-order chi connectivity index (χ1) is 14.5. The fourth-order valence-corrected chi connectivity index (χ4v) is 3.78. The van der Waals surface area contributed by atoms with Crippen LogP contribution in [0.4, 0.5) is 0 Å². The molecule has 1 aliphatic rings. The average molecular weight is 412 g/mol. The summed E-state index contributed by atoms with van der Waals surface area (Å²) in [6, 6.07) is 10.8. The lowest BCUT2D eigenvalue weighted by atomic mass is 9.90. The zero-order valence-electron chi connectivity index (χ0n) is 17.3. The van der Waals surface area contributed by atoms with Crippen LogP contribution in [-0.4, -0.2) is 41.2 Å². The number of benzene rings is 1. The molecule has 1 aromatic heterocycles. The fraction of sp³-hybridized carbons (Fsp3) is 0.435. The van der Waals surface area contributed by atoms with Gasteiger partial charge in [-0.05, 0) is 37.7 Å². The van der Waals surface area contributed by atoms with E-state index in [1.165, 1.54) is 24.9 Å². The molecule has 0 saturated carbocycles. The van der Waals surface area contributed by atoms with Gasteiger partial charge in [-0.2, -0.15) is 0 Å². The number of nitrogens with one attached hydrogen (secondary N) is 1. The molecule has 0 bridgehead atoms. The van der Waals surface area contributed by atoms with Crippen molar-refractivity contribution >= 4 is 11.9 Å². The van der Waals surface area contributed by atoms with Crippen LogP contribution in [0.2, 0.25) is 0 Å². The molecular weight excluding hydrogens is 384 g/mol. The molecule has 1 aromatic carbocycles. The Morgan fingerprint density at radius 2 is 1.97 bits per heavy atom. The van der Waals surface area contributed by atoms with E-state index >= 15 is 0 Å². The smallest absolute Gasteiger partial charge is 0.328 e. The Kier molecular flexibility index (Phi) is 7.27. The number of amides is 1. The molecule has 2 N–H and O–H groups in total. The molecule has 3 rings (SSSR count). The highest BCUT2D eigenvalue weighted by molar-refractivity contribution is 5.97. The second-order valence-corrected chi connectivity index (χ2v) is 7.61. The van der Waals surface area contributed by atoms with Crippen LogP contribution in [0.25, 0.3) is 0 Å². The van der Waals surface area contributed by atoms with Gasteiger partial charge in [-0.25, -0.2) is 9.78 Å². The van der Waals surface area contributed by atoms with Gasteiger partial charge in [-0.15, -0.1) is 0 Å². The summed E-state index contributed by atoms with van der Waals surface area (Å²) in [6.45, 7) is 1.91. The predicted molar refractivity (Wildman–Crippen MR) is 111 cm³/mol. The number of rotatable bonds is 5. The molecule has 30 heavy (non-hydrogen) atoms. The molecular formula is C23H28N2O5. The minimum Gasteiger partial charge on any atom is -0.503 e. The minimum absolute atomic E-state index is 0.143. The summed E-state index contributed by atoms with van der Waals surface area (Å²) < 4.78 is 10.7. The second-order valence-electron chi connectivity index (χ2n) is 7.61. The molecule has 1 saturated heterocycles. The number of aromatic hydroxyl groups is 1. The summed E-state index contributed by atoms with van der Waals surface area (Å²) in [6.07, 6.45) is 5.09. The molecule has 0 unspecified atom stereocenters. The maximum atomic E-state index is 12.8. The molecule has 7 nitrogen and oxygen atoms in total. The lowest BCUT2D eigenvalue weighted by Gasteiger charge is -2.24. The van der Waals surface area contributed by atoms with E-state index in [0.29, 0.717) is 6.42 Å². The van der Waals surface area contributed by atoms with Gasteiger partial charge in [0.15, 0.2) is 17.2 Å². The van der Waals surface area contributed by atoms with Crippen LogP contribution in [0, 0.1) is 5.92 Å². The van der Waals surface area contributed by atoms with Gasteiger partial charge in [0.1, 0.15) is 12.1 Å². The molecule has 0 radical (unpaired) electrons. The SMILES string of the molecule is COc1ccnc(C(=O)N[C@H]2CCCC[C@@H](Cc3ccccc3)[C@H](C)OC2=O)c1O. The van der Waals surface area contributed by atoms with Crippen LogP contribution in [0.15, 0.2) is 42.6 Å². The van der Waals surface area contributed by atoms with Gasteiger partial charge >= 0.3 is 5.97 Å². The van der Waals surface area contributed by atoms with Crippen molar-refractivity contribution in [3.8, 4) is 11.5 Å². The molecule has 2 aromatic rings. The molecule has 2 heterocycles. The summed E-state index contributed by atoms with van der Waals surface area (Å²) in [5.74, 6) is -1.09. The van der Waals surface area contributed by atoms with Gasteiger partial charge in [-0.3, -0.25) is 4.79 Å². The number of hydrogen-bond donors (Lipinski definition) is 2. The molecule has 3 atom stereocenters. The van der Waals surface area contributed by atoms with Crippen LogP contribution in [0.3, 0.4) is 0 Å². The summed E-state index contributed by atoms with van der Waals surface area (Å²) in [4.78, 5) is 29.3. The molecule has 1 amide bonds. The van der Waals surface area contributed by atoms with E-state index in [0.717, 1.165) is 25.7 Å². The Morgan fingerprint density at radius 3 is 2.70 bits per heavy atom. The summed E-state index contributed by atoms with van der Waals surface area (Å²) >= 11 is 0. The first kappa shape index (κ1) is 21.6. The Morgan fingerprint density at radius 1 is 1.23 bits per heavy atom. The van der Waals surface area contributed by atoms with Gasteiger partial charge in [0.2, 0.25) is 0 Å². The summed E-state index contributed by atoms with van der Waals surface area (Å²) in [5, 5.41) is 12.8. The van der Waals surface area contributed by atoms with Gasteiger partial charge in [0, 0.05) is 12.3 Å². The highest BCUT2D eigenvalue weighted by atomic mass is 16.5. The van der Waals surface area contributed by atoms with E-state index in [2.05, 4.69) is 22.4 Å². The Labute approximate surface area is 176 Å². The normalized spacial score (nSPS) is 22.2. The number of carbonyl (C=O) groups excluding carboxylic acids is 2. The topological polar surface area (TPSA) is 97.8 Å². The van der Waals surface area contributed by atoms with Gasteiger partial charge < -0.3 is 19.9 Å². The Bertz CT molecular complexity index is 871. The summed E-state index contributed by atoms with van der Waals surface area (Å²) in [5.41, 5.74) is 1.03. The third kappa shape index (κ3) is 5.28. The number of nitrogens with zero attached hydrogens (tertiary/aromatic N) is 1. The number of ether oxygens (including phenoxy) is 2.